The molecule has 0 spiro atoms. The molecule has 0 aliphatic carbocycles. The number of carbonyl (C=O) groups excluding carboxylic acids is 1. The molecular formula is C14H23N3O. The number of rotatable bonds is 4. The van der Waals surface area contributed by atoms with Crippen molar-refractivity contribution in [3.8, 4) is 0 Å². The third kappa shape index (κ3) is 4.02. The van der Waals surface area contributed by atoms with Crippen LogP contribution in [0.5, 0.6) is 0 Å². The van der Waals surface area contributed by atoms with Crippen molar-refractivity contribution in [1.82, 2.24) is 10.3 Å². The van der Waals surface area contributed by atoms with E-state index < -0.39 is 0 Å². The maximum atomic E-state index is 12.0. The molecular weight excluding hydrogens is 226 g/mol. The van der Waals surface area contributed by atoms with Gasteiger partial charge in [0.15, 0.2) is 0 Å². The molecule has 0 aliphatic heterocycles. The number of aromatic nitrogens is 1. The SMILES string of the molecule is CCN(CC)c1ccnc(C(=O)NC(C)(C)C)c1. The number of pyridine rings is 1. The summed E-state index contributed by atoms with van der Waals surface area (Å²) in [7, 11) is 0. The van der Waals surface area contributed by atoms with Gasteiger partial charge in [0.05, 0.1) is 0 Å². The summed E-state index contributed by atoms with van der Waals surface area (Å²) in [5, 5.41) is 2.92. The summed E-state index contributed by atoms with van der Waals surface area (Å²) in [4.78, 5) is 18.3. The quantitative estimate of drug-likeness (QED) is 0.891. The zero-order chi connectivity index (χ0) is 13.8. The van der Waals surface area contributed by atoms with E-state index >= 15 is 0 Å². The van der Waals surface area contributed by atoms with E-state index in [1.54, 1.807) is 6.20 Å². The summed E-state index contributed by atoms with van der Waals surface area (Å²) in [5.41, 5.74) is 1.26. The van der Waals surface area contributed by atoms with Crippen LogP contribution in [0.15, 0.2) is 18.3 Å². The second kappa shape index (κ2) is 5.85. The van der Waals surface area contributed by atoms with Gasteiger partial charge in [-0.2, -0.15) is 0 Å². The maximum Gasteiger partial charge on any atom is 0.270 e. The lowest BCUT2D eigenvalue weighted by Crippen LogP contribution is -2.41. The van der Waals surface area contributed by atoms with Gasteiger partial charge in [0.2, 0.25) is 0 Å². The Morgan fingerprint density at radius 1 is 1.33 bits per heavy atom. The van der Waals surface area contributed by atoms with E-state index in [0.29, 0.717) is 5.69 Å². The van der Waals surface area contributed by atoms with Gasteiger partial charge in [0.25, 0.3) is 5.91 Å². The van der Waals surface area contributed by atoms with Crippen molar-refractivity contribution < 1.29 is 4.79 Å². The number of amides is 1. The van der Waals surface area contributed by atoms with Crippen LogP contribution in [-0.2, 0) is 0 Å². The molecule has 0 fully saturated rings. The summed E-state index contributed by atoms with van der Waals surface area (Å²) in [6.07, 6.45) is 1.69. The molecule has 0 radical (unpaired) electrons. The number of hydrogen-bond acceptors (Lipinski definition) is 3. The standard InChI is InChI=1S/C14H23N3O/c1-6-17(7-2)11-8-9-15-12(10-11)13(18)16-14(3,4)5/h8-10H,6-7H2,1-5H3,(H,16,18). The summed E-state index contributed by atoms with van der Waals surface area (Å²) in [6, 6.07) is 3.77. The van der Waals surface area contributed by atoms with E-state index in [0.717, 1.165) is 18.8 Å². The largest absolute Gasteiger partial charge is 0.372 e. The zero-order valence-electron chi connectivity index (χ0n) is 11.9. The molecule has 0 bridgehead atoms. The van der Waals surface area contributed by atoms with Crippen molar-refractivity contribution in [1.29, 1.82) is 0 Å². The van der Waals surface area contributed by atoms with Crippen molar-refractivity contribution in [2.24, 2.45) is 0 Å². The van der Waals surface area contributed by atoms with Crippen LogP contribution in [0.3, 0.4) is 0 Å². The second-order valence-electron chi connectivity index (χ2n) is 5.28. The van der Waals surface area contributed by atoms with E-state index in [9.17, 15) is 4.79 Å². The molecule has 100 valence electrons. The minimum absolute atomic E-state index is 0.128. The Bertz CT molecular complexity index is 406. The first kappa shape index (κ1) is 14.5. The van der Waals surface area contributed by atoms with Crippen molar-refractivity contribution in [2.75, 3.05) is 18.0 Å². The molecule has 0 atom stereocenters. The van der Waals surface area contributed by atoms with E-state index in [-0.39, 0.29) is 11.4 Å². The van der Waals surface area contributed by atoms with Gasteiger partial charge in [0, 0.05) is 30.5 Å². The van der Waals surface area contributed by atoms with Gasteiger partial charge >= 0.3 is 0 Å². The minimum Gasteiger partial charge on any atom is -0.372 e. The molecule has 0 aliphatic rings. The summed E-state index contributed by atoms with van der Waals surface area (Å²) >= 11 is 0. The van der Waals surface area contributed by atoms with E-state index in [1.807, 2.05) is 32.9 Å². The molecule has 0 unspecified atom stereocenters. The van der Waals surface area contributed by atoms with Crippen LogP contribution < -0.4 is 10.2 Å². The lowest BCUT2D eigenvalue weighted by molar-refractivity contribution is 0.0914. The van der Waals surface area contributed by atoms with Crippen LogP contribution in [0.1, 0.15) is 45.1 Å². The summed E-state index contributed by atoms with van der Waals surface area (Å²) in [5.74, 6) is -0.128. The highest BCUT2D eigenvalue weighted by atomic mass is 16.2. The first-order valence-corrected chi connectivity index (χ1v) is 6.41. The molecule has 4 heteroatoms. The summed E-state index contributed by atoms with van der Waals surface area (Å²) < 4.78 is 0. The van der Waals surface area contributed by atoms with Gasteiger partial charge in [-0.3, -0.25) is 9.78 Å². The average molecular weight is 249 g/mol. The number of anilines is 1. The molecule has 0 aromatic carbocycles. The molecule has 1 aromatic rings. The van der Waals surface area contributed by atoms with Crippen LogP contribution in [0.4, 0.5) is 5.69 Å². The van der Waals surface area contributed by atoms with Crippen LogP contribution in [0.25, 0.3) is 0 Å². The highest BCUT2D eigenvalue weighted by molar-refractivity contribution is 5.93. The molecule has 0 saturated heterocycles. The van der Waals surface area contributed by atoms with E-state index in [4.69, 9.17) is 0 Å². The molecule has 1 aromatic heterocycles. The van der Waals surface area contributed by atoms with E-state index in [2.05, 4.69) is 29.0 Å². The molecule has 1 amide bonds. The first-order chi connectivity index (χ1) is 8.37. The topological polar surface area (TPSA) is 45.2 Å². The predicted octanol–water partition coefficient (Wildman–Crippen LogP) is 2.46. The van der Waals surface area contributed by atoms with Gasteiger partial charge < -0.3 is 10.2 Å². The third-order valence-electron chi connectivity index (χ3n) is 2.59. The van der Waals surface area contributed by atoms with E-state index in [1.165, 1.54) is 0 Å². The third-order valence-corrected chi connectivity index (χ3v) is 2.59. The molecule has 1 N–H and O–H groups in total. The Morgan fingerprint density at radius 2 is 1.94 bits per heavy atom. The maximum absolute atomic E-state index is 12.0. The molecule has 1 heterocycles. The molecule has 0 saturated carbocycles. The highest BCUT2D eigenvalue weighted by Crippen LogP contribution is 2.14. The Hall–Kier alpha value is -1.58. The number of nitrogens with zero attached hydrogens (tertiary/aromatic N) is 2. The molecule has 4 nitrogen and oxygen atoms in total. The van der Waals surface area contributed by atoms with Gasteiger partial charge in [-0.1, -0.05) is 0 Å². The van der Waals surface area contributed by atoms with Gasteiger partial charge in [0.1, 0.15) is 5.69 Å². The van der Waals surface area contributed by atoms with Crippen LogP contribution in [-0.4, -0.2) is 29.5 Å². The molecule has 1 rings (SSSR count). The monoisotopic (exact) mass is 249 g/mol. The Kier molecular flexibility index (Phi) is 4.70. The fraction of sp³-hybridized carbons (Fsp3) is 0.571. The lowest BCUT2D eigenvalue weighted by atomic mass is 10.1. The average Bonchev–Trinajstić information content (AvgIpc) is 2.29. The minimum atomic E-state index is -0.246. The molecule has 18 heavy (non-hydrogen) atoms. The van der Waals surface area contributed by atoms with Crippen molar-refractivity contribution in [2.45, 2.75) is 40.2 Å². The van der Waals surface area contributed by atoms with Crippen molar-refractivity contribution in [3.63, 3.8) is 0 Å². The number of carbonyl (C=O) groups is 1. The second-order valence-corrected chi connectivity index (χ2v) is 5.28. The lowest BCUT2D eigenvalue weighted by Gasteiger charge is -2.23. The predicted molar refractivity (Wildman–Crippen MR) is 75.0 cm³/mol. The number of nitrogens with one attached hydrogen (secondary N) is 1. The Balaban J connectivity index is 2.91. The Morgan fingerprint density at radius 3 is 2.44 bits per heavy atom. The Labute approximate surface area is 109 Å². The first-order valence-electron chi connectivity index (χ1n) is 6.41. The van der Waals surface area contributed by atoms with Crippen molar-refractivity contribution in [3.05, 3.63) is 24.0 Å². The van der Waals surface area contributed by atoms with Gasteiger partial charge in [-0.15, -0.1) is 0 Å². The smallest absolute Gasteiger partial charge is 0.270 e. The summed E-state index contributed by atoms with van der Waals surface area (Å²) in [6.45, 7) is 11.9. The fourth-order valence-corrected chi connectivity index (χ4v) is 1.73. The highest BCUT2D eigenvalue weighted by Gasteiger charge is 2.16. The zero-order valence-corrected chi connectivity index (χ0v) is 11.9. The van der Waals surface area contributed by atoms with Crippen molar-refractivity contribution >= 4 is 11.6 Å². The van der Waals surface area contributed by atoms with Crippen LogP contribution in [0, 0.1) is 0 Å². The fourth-order valence-electron chi connectivity index (χ4n) is 1.73. The van der Waals surface area contributed by atoms with Crippen LogP contribution >= 0.6 is 0 Å². The number of hydrogen-bond donors (Lipinski definition) is 1. The van der Waals surface area contributed by atoms with Gasteiger partial charge in [-0.05, 0) is 46.8 Å². The normalized spacial score (nSPS) is 11.2. The van der Waals surface area contributed by atoms with Crippen LogP contribution in [0.2, 0.25) is 0 Å². The van der Waals surface area contributed by atoms with Gasteiger partial charge in [-0.25, -0.2) is 0 Å².